The number of halogens is 4. The minimum atomic E-state index is -4.78. The van der Waals surface area contributed by atoms with Gasteiger partial charge in [-0.05, 0) is 29.5 Å². The van der Waals surface area contributed by atoms with Crippen molar-refractivity contribution in [2.45, 2.75) is 31.9 Å². The second-order valence-corrected chi connectivity index (χ2v) is 5.46. The van der Waals surface area contributed by atoms with Crippen LogP contribution in [-0.4, -0.2) is 11.1 Å². The first-order chi connectivity index (χ1) is 8.52. The topological polar surface area (TPSA) is 37.3 Å². The summed E-state index contributed by atoms with van der Waals surface area (Å²) in [5.41, 5.74) is -3.94. The molecule has 0 heterocycles. The zero-order valence-corrected chi connectivity index (χ0v) is 10.3. The van der Waals surface area contributed by atoms with E-state index in [-0.39, 0.29) is 12.0 Å². The zero-order chi connectivity index (χ0) is 14.6. The highest BCUT2D eigenvalue weighted by Gasteiger charge is 2.69. The van der Waals surface area contributed by atoms with Gasteiger partial charge in [-0.15, -0.1) is 0 Å². The summed E-state index contributed by atoms with van der Waals surface area (Å²) in [6.07, 6.45) is -4.68. The van der Waals surface area contributed by atoms with E-state index >= 15 is 0 Å². The summed E-state index contributed by atoms with van der Waals surface area (Å²) in [5, 5.41) is 9.29. The van der Waals surface area contributed by atoms with E-state index in [9.17, 15) is 27.5 Å². The molecule has 19 heavy (non-hydrogen) atoms. The summed E-state index contributed by atoms with van der Waals surface area (Å²) in [6, 6.07) is 2.15. The van der Waals surface area contributed by atoms with Crippen molar-refractivity contribution in [1.29, 1.82) is 0 Å². The quantitative estimate of drug-likeness (QED) is 0.838. The Morgan fingerprint density at radius 3 is 2.21 bits per heavy atom. The van der Waals surface area contributed by atoms with Gasteiger partial charge in [-0.25, -0.2) is 4.39 Å². The second-order valence-electron chi connectivity index (χ2n) is 5.46. The maximum Gasteiger partial charge on any atom is 0.416 e. The van der Waals surface area contributed by atoms with Gasteiger partial charge in [0.15, 0.2) is 0 Å². The molecule has 0 aromatic heterocycles. The Kier molecular flexibility index (Phi) is 2.70. The number of alkyl halides is 3. The van der Waals surface area contributed by atoms with Gasteiger partial charge < -0.3 is 5.11 Å². The second kappa shape index (κ2) is 3.71. The number of hydrogen-bond acceptors (Lipinski definition) is 1. The summed E-state index contributed by atoms with van der Waals surface area (Å²) in [5.74, 6) is -2.34. The van der Waals surface area contributed by atoms with Crippen LogP contribution in [0, 0.1) is 11.2 Å². The van der Waals surface area contributed by atoms with Gasteiger partial charge in [-0.1, -0.05) is 19.9 Å². The Bertz CT molecular complexity index is 548. The normalized spacial score (nSPS) is 25.2. The molecule has 0 bridgehead atoms. The van der Waals surface area contributed by atoms with E-state index in [1.807, 2.05) is 0 Å². The molecule has 1 unspecified atom stereocenters. The molecule has 6 heteroatoms. The Labute approximate surface area is 107 Å². The lowest BCUT2D eigenvalue weighted by molar-refractivity contribution is -0.143. The number of benzene rings is 1. The number of carboxylic acids is 1. The number of aliphatic carboxylic acids is 1. The molecule has 0 spiro atoms. The molecule has 1 aromatic rings. The molecule has 1 atom stereocenters. The van der Waals surface area contributed by atoms with E-state index < -0.39 is 34.4 Å². The SMILES string of the molecule is CC1(C)CC1(C(=O)O)c1ccc(F)cc1C(F)(F)F. The van der Waals surface area contributed by atoms with E-state index in [2.05, 4.69) is 0 Å². The number of hydrogen-bond donors (Lipinski definition) is 1. The van der Waals surface area contributed by atoms with Gasteiger partial charge in [0.2, 0.25) is 0 Å². The molecule has 104 valence electrons. The third kappa shape index (κ3) is 1.89. The minimum absolute atomic E-state index is 0.101. The van der Waals surface area contributed by atoms with Crippen molar-refractivity contribution >= 4 is 5.97 Å². The predicted molar refractivity (Wildman–Crippen MR) is 59.1 cm³/mol. The number of carboxylic acid groups (broad SMARTS) is 1. The molecule has 2 nitrogen and oxygen atoms in total. The highest BCUT2D eigenvalue weighted by molar-refractivity contribution is 5.87. The van der Waals surface area contributed by atoms with Crippen LogP contribution < -0.4 is 0 Å². The van der Waals surface area contributed by atoms with E-state index in [4.69, 9.17) is 0 Å². The maximum absolute atomic E-state index is 13.0. The molecule has 1 aromatic carbocycles. The van der Waals surface area contributed by atoms with Crippen molar-refractivity contribution in [3.05, 3.63) is 35.1 Å². The van der Waals surface area contributed by atoms with Crippen molar-refractivity contribution in [2.24, 2.45) is 5.41 Å². The first-order valence-electron chi connectivity index (χ1n) is 5.63. The summed E-state index contributed by atoms with van der Waals surface area (Å²) in [6.45, 7) is 3.18. The monoisotopic (exact) mass is 276 g/mol. The van der Waals surface area contributed by atoms with Crippen molar-refractivity contribution in [2.75, 3.05) is 0 Å². The molecule has 0 saturated heterocycles. The fourth-order valence-corrected chi connectivity index (χ4v) is 2.68. The van der Waals surface area contributed by atoms with Crippen LogP contribution in [0.15, 0.2) is 18.2 Å². The molecule has 1 aliphatic rings. The van der Waals surface area contributed by atoms with Crippen LogP contribution in [0.1, 0.15) is 31.4 Å². The fraction of sp³-hybridized carbons (Fsp3) is 0.462. The van der Waals surface area contributed by atoms with Gasteiger partial charge in [-0.2, -0.15) is 13.2 Å². The van der Waals surface area contributed by atoms with Gasteiger partial charge in [-0.3, -0.25) is 4.79 Å². The molecule has 1 N–H and O–H groups in total. The lowest BCUT2D eigenvalue weighted by atomic mass is 9.84. The van der Waals surface area contributed by atoms with Crippen molar-refractivity contribution < 1.29 is 27.5 Å². The standard InChI is InChI=1S/C13H12F4O2/c1-11(2)6-12(11,10(18)19)8-4-3-7(14)5-9(8)13(15,16)17/h3-5H,6H2,1-2H3,(H,18,19). The highest BCUT2D eigenvalue weighted by Crippen LogP contribution is 2.65. The van der Waals surface area contributed by atoms with Crippen LogP contribution in [0.4, 0.5) is 17.6 Å². The first kappa shape index (κ1) is 13.8. The van der Waals surface area contributed by atoms with Crippen molar-refractivity contribution in [3.63, 3.8) is 0 Å². The summed E-state index contributed by atoms with van der Waals surface area (Å²) in [4.78, 5) is 11.4. The average Bonchev–Trinajstić information content (AvgIpc) is 2.81. The van der Waals surface area contributed by atoms with Crippen LogP contribution in [0.3, 0.4) is 0 Å². The van der Waals surface area contributed by atoms with Crippen LogP contribution in [0.2, 0.25) is 0 Å². The predicted octanol–water partition coefficient (Wildman–Crippen LogP) is 3.60. The van der Waals surface area contributed by atoms with Crippen molar-refractivity contribution in [3.8, 4) is 0 Å². The largest absolute Gasteiger partial charge is 0.481 e. The number of carbonyl (C=O) groups is 1. The van der Waals surface area contributed by atoms with Gasteiger partial charge in [0.1, 0.15) is 5.82 Å². The van der Waals surface area contributed by atoms with Gasteiger partial charge in [0.25, 0.3) is 0 Å². The molecular weight excluding hydrogens is 264 g/mol. The van der Waals surface area contributed by atoms with E-state index in [0.717, 1.165) is 12.1 Å². The Morgan fingerprint density at radius 1 is 1.32 bits per heavy atom. The van der Waals surface area contributed by atoms with E-state index in [1.54, 1.807) is 13.8 Å². The van der Waals surface area contributed by atoms with Crippen LogP contribution in [0.5, 0.6) is 0 Å². The third-order valence-corrected chi connectivity index (χ3v) is 3.85. The summed E-state index contributed by atoms with van der Waals surface area (Å²) < 4.78 is 51.9. The molecule has 2 rings (SSSR count). The van der Waals surface area contributed by atoms with Crippen LogP contribution >= 0.6 is 0 Å². The Balaban J connectivity index is 2.67. The smallest absolute Gasteiger partial charge is 0.416 e. The van der Waals surface area contributed by atoms with Crippen molar-refractivity contribution in [1.82, 2.24) is 0 Å². The van der Waals surface area contributed by atoms with Gasteiger partial charge >= 0.3 is 12.1 Å². The van der Waals surface area contributed by atoms with E-state index in [0.29, 0.717) is 6.07 Å². The lowest BCUT2D eigenvalue weighted by Gasteiger charge is -2.21. The minimum Gasteiger partial charge on any atom is -0.481 e. The third-order valence-electron chi connectivity index (χ3n) is 3.85. The maximum atomic E-state index is 13.0. The summed E-state index contributed by atoms with van der Waals surface area (Å²) in [7, 11) is 0. The Hall–Kier alpha value is -1.59. The fourth-order valence-electron chi connectivity index (χ4n) is 2.68. The molecule has 0 aliphatic heterocycles. The molecule has 1 aliphatic carbocycles. The van der Waals surface area contributed by atoms with E-state index in [1.165, 1.54) is 0 Å². The Morgan fingerprint density at radius 2 is 1.84 bits per heavy atom. The molecule has 1 fully saturated rings. The highest BCUT2D eigenvalue weighted by atomic mass is 19.4. The molecule has 0 radical (unpaired) electrons. The molecule has 1 saturated carbocycles. The number of rotatable bonds is 2. The molecular formula is C13H12F4O2. The van der Waals surface area contributed by atoms with Gasteiger partial charge in [0, 0.05) is 0 Å². The molecule has 0 amide bonds. The van der Waals surface area contributed by atoms with Crippen LogP contribution in [-0.2, 0) is 16.4 Å². The van der Waals surface area contributed by atoms with Crippen LogP contribution in [0.25, 0.3) is 0 Å². The average molecular weight is 276 g/mol. The first-order valence-corrected chi connectivity index (χ1v) is 5.63. The van der Waals surface area contributed by atoms with Gasteiger partial charge in [0.05, 0.1) is 11.0 Å². The zero-order valence-electron chi connectivity index (χ0n) is 10.3. The lowest BCUT2D eigenvalue weighted by Crippen LogP contribution is -2.28. The summed E-state index contributed by atoms with van der Waals surface area (Å²) >= 11 is 0.